The number of nitrogens with zero attached hydrogens (tertiary/aromatic N) is 1. The number of rotatable bonds is 9. The van der Waals surface area contributed by atoms with Crippen LogP contribution < -0.4 is 4.72 Å². The molecule has 2 aliphatic carbocycles. The summed E-state index contributed by atoms with van der Waals surface area (Å²) in [7, 11) is -4.14. The second kappa shape index (κ2) is 9.82. The molecule has 1 aromatic heterocycles. The smallest absolute Gasteiger partial charge is 0.262 e. The van der Waals surface area contributed by atoms with Crippen LogP contribution in [0.15, 0.2) is 47.4 Å². The van der Waals surface area contributed by atoms with Gasteiger partial charge in [-0.3, -0.25) is 14.5 Å². The number of Topliss-reactive ketones (excluding diaryl/α,β-unsaturated/α-hetero) is 1. The van der Waals surface area contributed by atoms with Crippen molar-refractivity contribution in [1.29, 1.82) is 0 Å². The van der Waals surface area contributed by atoms with Crippen molar-refractivity contribution in [3.8, 4) is 11.1 Å². The van der Waals surface area contributed by atoms with Crippen molar-refractivity contribution in [2.45, 2.75) is 57.3 Å². The van der Waals surface area contributed by atoms with E-state index in [1.807, 2.05) is 38.1 Å². The standard InChI is InChI=1S/C29H28F2N2O3S/c1-3-17-12-20(24-14-21(15-28(34)19-8-9-19)32-27-7-5-6-23(24)27)13-18(4-2)29(17)33-37(35,36)22-10-11-25(30)26(31)16-22/h5-6,10-14,16,19,33H,3-4,7-9,15H2,1-2H3. The van der Waals surface area contributed by atoms with Gasteiger partial charge in [0.2, 0.25) is 0 Å². The maximum Gasteiger partial charge on any atom is 0.262 e. The minimum Gasteiger partial charge on any atom is -0.299 e. The number of sulfonamides is 1. The normalized spacial score (nSPS) is 14.6. The molecule has 0 unspecified atom stereocenters. The van der Waals surface area contributed by atoms with Crippen LogP contribution in [0.5, 0.6) is 0 Å². The number of anilines is 1. The van der Waals surface area contributed by atoms with E-state index in [0.29, 0.717) is 37.4 Å². The molecule has 2 aromatic carbocycles. The molecular formula is C29H28F2N2O3S. The Morgan fingerprint density at radius 2 is 1.73 bits per heavy atom. The van der Waals surface area contributed by atoms with E-state index < -0.39 is 21.7 Å². The van der Waals surface area contributed by atoms with Crippen LogP contribution in [0.25, 0.3) is 17.2 Å². The molecule has 0 atom stereocenters. The average molecular weight is 523 g/mol. The second-order valence-electron chi connectivity index (χ2n) is 9.60. The number of carbonyl (C=O) groups excluding carboxylic acids is 1. The quantitative estimate of drug-likeness (QED) is 0.372. The fourth-order valence-electron chi connectivity index (χ4n) is 4.80. The van der Waals surface area contributed by atoms with Gasteiger partial charge in [-0.1, -0.05) is 26.0 Å². The van der Waals surface area contributed by atoms with Crippen LogP contribution in [0, 0.1) is 17.6 Å². The summed E-state index contributed by atoms with van der Waals surface area (Å²) < 4.78 is 55.9. The van der Waals surface area contributed by atoms with E-state index >= 15 is 0 Å². The number of aryl methyl sites for hydroxylation is 2. The SMILES string of the molecule is CCc1cc(-c2cc(CC(=O)C3CC3)nc3c2C=CC3)cc(CC)c1NS(=O)(=O)c1ccc(F)c(F)c1. The lowest BCUT2D eigenvalue weighted by Gasteiger charge is -2.19. The number of hydrogen-bond acceptors (Lipinski definition) is 4. The molecule has 0 spiro atoms. The first kappa shape index (κ1) is 25.3. The van der Waals surface area contributed by atoms with E-state index in [4.69, 9.17) is 4.98 Å². The lowest BCUT2D eigenvalue weighted by Crippen LogP contribution is -2.16. The summed E-state index contributed by atoms with van der Waals surface area (Å²) in [6.45, 7) is 3.87. The predicted octanol–water partition coefficient (Wildman–Crippen LogP) is 6.04. The fourth-order valence-corrected chi connectivity index (χ4v) is 5.96. The van der Waals surface area contributed by atoms with E-state index in [9.17, 15) is 22.0 Å². The summed E-state index contributed by atoms with van der Waals surface area (Å²) >= 11 is 0. The van der Waals surface area contributed by atoms with Crippen molar-refractivity contribution in [2.24, 2.45) is 5.92 Å². The Balaban J connectivity index is 1.56. The first-order valence-electron chi connectivity index (χ1n) is 12.6. The number of halogens is 2. The molecule has 0 saturated heterocycles. The molecule has 8 heteroatoms. The predicted molar refractivity (Wildman–Crippen MR) is 140 cm³/mol. The Morgan fingerprint density at radius 3 is 2.35 bits per heavy atom. The topological polar surface area (TPSA) is 76.1 Å². The maximum absolute atomic E-state index is 13.7. The molecule has 5 rings (SSSR count). The highest BCUT2D eigenvalue weighted by molar-refractivity contribution is 7.92. The van der Waals surface area contributed by atoms with Crippen molar-refractivity contribution >= 4 is 27.6 Å². The molecular weight excluding hydrogens is 494 g/mol. The molecule has 0 amide bonds. The van der Waals surface area contributed by atoms with Crippen LogP contribution in [0.2, 0.25) is 0 Å². The highest BCUT2D eigenvalue weighted by atomic mass is 32.2. The van der Waals surface area contributed by atoms with E-state index in [1.165, 1.54) is 0 Å². The number of allylic oxidation sites excluding steroid dienone is 1. The Morgan fingerprint density at radius 1 is 1.03 bits per heavy atom. The van der Waals surface area contributed by atoms with Gasteiger partial charge in [-0.05, 0) is 84.3 Å². The molecule has 37 heavy (non-hydrogen) atoms. The van der Waals surface area contributed by atoms with Gasteiger partial charge in [-0.2, -0.15) is 0 Å². The van der Waals surface area contributed by atoms with Gasteiger partial charge in [0.1, 0.15) is 5.78 Å². The third kappa shape index (κ3) is 5.07. The summed E-state index contributed by atoms with van der Waals surface area (Å²) in [5, 5.41) is 0. The lowest BCUT2D eigenvalue weighted by atomic mass is 9.92. The zero-order chi connectivity index (χ0) is 26.3. The van der Waals surface area contributed by atoms with Crippen LogP contribution in [-0.2, 0) is 40.5 Å². The molecule has 5 nitrogen and oxygen atoms in total. The van der Waals surface area contributed by atoms with Crippen LogP contribution in [0.1, 0.15) is 54.8 Å². The van der Waals surface area contributed by atoms with Crippen molar-refractivity contribution < 1.29 is 22.0 Å². The summed E-state index contributed by atoms with van der Waals surface area (Å²) in [5.74, 6) is -1.93. The van der Waals surface area contributed by atoms with Crippen molar-refractivity contribution in [3.63, 3.8) is 0 Å². The number of nitrogens with one attached hydrogen (secondary N) is 1. The Hall–Kier alpha value is -3.39. The largest absolute Gasteiger partial charge is 0.299 e. The average Bonchev–Trinajstić information content (AvgIpc) is 3.63. The summed E-state index contributed by atoms with van der Waals surface area (Å²) in [6, 6.07) is 8.42. The number of fused-ring (bicyclic) bond motifs is 1. The van der Waals surface area contributed by atoms with E-state index in [2.05, 4.69) is 10.8 Å². The van der Waals surface area contributed by atoms with Gasteiger partial charge >= 0.3 is 0 Å². The van der Waals surface area contributed by atoms with Crippen LogP contribution >= 0.6 is 0 Å². The van der Waals surface area contributed by atoms with Crippen molar-refractivity contribution in [2.75, 3.05) is 4.72 Å². The van der Waals surface area contributed by atoms with E-state index in [-0.39, 0.29) is 16.6 Å². The minimum absolute atomic E-state index is 0.164. The number of carbonyl (C=O) groups is 1. The van der Waals surface area contributed by atoms with Crippen LogP contribution in [0.4, 0.5) is 14.5 Å². The first-order valence-corrected chi connectivity index (χ1v) is 14.0. The van der Waals surface area contributed by atoms with Gasteiger partial charge in [0.25, 0.3) is 10.0 Å². The highest BCUT2D eigenvalue weighted by Gasteiger charge is 2.30. The molecule has 3 aromatic rings. The van der Waals surface area contributed by atoms with Gasteiger partial charge in [0.15, 0.2) is 11.6 Å². The third-order valence-electron chi connectivity index (χ3n) is 6.99. The van der Waals surface area contributed by atoms with Gasteiger partial charge < -0.3 is 0 Å². The zero-order valence-electron chi connectivity index (χ0n) is 20.8. The Kier molecular flexibility index (Phi) is 6.70. The van der Waals surface area contributed by atoms with Crippen LogP contribution in [-0.4, -0.2) is 19.2 Å². The molecule has 0 radical (unpaired) electrons. The molecule has 2 aliphatic rings. The third-order valence-corrected chi connectivity index (χ3v) is 8.33. The van der Waals surface area contributed by atoms with Gasteiger partial charge in [-0.15, -0.1) is 0 Å². The first-order chi connectivity index (χ1) is 17.7. The minimum atomic E-state index is -4.14. The number of aromatic nitrogens is 1. The van der Waals surface area contributed by atoms with E-state index in [0.717, 1.165) is 64.2 Å². The summed E-state index contributed by atoms with van der Waals surface area (Å²) in [5.41, 5.74) is 6.62. The summed E-state index contributed by atoms with van der Waals surface area (Å²) in [4.78, 5) is 16.9. The Bertz CT molecular complexity index is 1520. The molecule has 1 fully saturated rings. The Labute approximate surface area is 215 Å². The molecule has 192 valence electrons. The van der Waals surface area contributed by atoms with Crippen molar-refractivity contribution in [3.05, 3.63) is 82.2 Å². The fraction of sp³-hybridized carbons (Fsp3) is 0.310. The maximum atomic E-state index is 13.7. The highest BCUT2D eigenvalue weighted by Crippen LogP contribution is 2.37. The van der Waals surface area contributed by atoms with Crippen LogP contribution in [0.3, 0.4) is 0 Å². The molecule has 0 aliphatic heterocycles. The number of pyridine rings is 1. The number of benzene rings is 2. The number of ketones is 1. The zero-order valence-corrected chi connectivity index (χ0v) is 21.6. The molecule has 0 bridgehead atoms. The van der Waals surface area contributed by atoms with E-state index in [1.54, 1.807) is 0 Å². The molecule has 1 N–H and O–H groups in total. The second-order valence-corrected chi connectivity index (χ2v) is 11.3. The monoisotopic (exact) mass is 522 g/mol. The number of hydrogen-bond donors (Lipinski definition) is 1. The van der Waals surface area contributed by atoms with Gasteiger partial charge in [0, 0.05) is 30.0 Å². The lowest BCUT2D eigenvalue weighted by molar-refractivity contribution is -0.119. The molecule has 1 saturated carbocycles. The van der Waals surface area contributed by atoms with Crippen molar-refractivity contribution in [1.82, 2.24) is 4.98 Å². The molecule has 1 heterocycles. The van der Waals surface area contributed by atoms with Gasteiger partial charge in [-0.25, -0.2) is 17.2 Å². The van der Waals surface area contributed by atoms with Gasteiger partial charge in [0.05, 0.1) is 16.3 Å². The summed E-state index contributed by atoms with van der Waals surface area (Å²) in [6.07, 6.45) is 8.14.